The second-order valence-electron chi connectivity index (χ2n) is 5.83. The Labute approximate surface area is 152 Å². The van der Waals surface area contributed by atoms with E-state index in [9.17, 15) is 14.7 Å². The molecule has 132 valence electrons. The fourth-order valence-corrected chi connectivity index (χ4v) is 2.76. The van der Waals surface area contributed by atoms with Crippen LogP contribution >= 0.6 is 0 Å². The first kappa shape index (κ1) is 16.5. The molecule has 1 aliphatic heterocycles. The third-order valence-electron chi connectivity index (χ3n) is 4.01. The number of nitrogens with one attached hydrogen (secondary N) is 2. The lowest BCUT2D eigenvalue weighted by Gasteiger charge is -2.05. The minimum atomic E-state index is -0.791. The first-order valence-corrected chi connectivity index (χ1v) is 8.17. The molecular formula is C20H14N4O3. The zero-order valence-corrected chi connectivity index (χ0v) is 14.0. The maximum Gasteiger partial charge on any atom is 0.328 e. The number of nitrogens with zero attached hydrogens (tertiary/aromatic N) is 2. The molecule has 7 nitrogen and oxygen atoms in total. The van der Waals surface area contributed by atoms with E-state index < -0.39 is 17.1 Å². The molecule has 27 heavy (non-hydrogen) atoms. The van der Waals surface area contributed by atoms with Crippen molar-refractivity contribution in [3.63, 3.8) is 0 Å². The van der Waals surface area contributed by atoms with Gasteiger partial charge in [0, 0.05) is 5.57 Å². The highest BCUT2D eigenvalue weighted by molar-refractivity contribution is 5.82. The average molecular weight is 358 g/mol. The van der Waals surface area contributed by atoms with Crippen molar-refractivity contribution in [1.29, 1.82) is 0 Å². The summed E-state index contributed by atoms with van der Waals surface area (Å²) in [7, 11) is 0. The van der Waals surface area contributed by atoms with Crippen LogP contribution in [-0.2, 0) is 0 Å². The highest BCUT2D eigenvalue weighted by atomic mass is 16.3. The highest BCUT2D eigenvalue weighted by Gasteiger charge is 2.18. The number of aromatic hydroxyl groups is 1. The van der Waals surface area contributed by atoms with E-state index in [0.29, 0.717) is 16.3 Å². The van der Waals surface area contributed by atoms with Gasteiger partial charge in [-0.25, -0.2) is 14.8 Å². The number of benzene rings is 2. The standard InChI is InChI=1S/C20H14N4O3/c25-18-16(19(26)24-20(27)23-18)13(11-10-12-6-2-1-3-7-12)17-21-14-8-4-5-9-15(14)22-17/h1-11H,(H3,23,24,25,26,27)/b11-10+. The smallest absolute Gasteiger partial charge is 0.328 e. The molecule has 0 spiro atoms. The van der Waals surface area contributed by atoms with E-state index in [1.165, 1.54) is 0 Å². The van der Waals surface area contributed by atoms with Crippen molar-refractivity contribution < 1.29 is 5.11 Å². The summed E-state index contributed by atoms with van der Waals surface area (Å²) in [5.41, 5.74) is -0.423. The number of hydrogen-bond acceptors (Lipinski definition) is 5. The Balaban J connectivity index is 1.97. The molecule has 2 heterocycles. The number of para-hydroxylation sites is 2. The van der Waals surface area contributed by atoms with Crippen molar-refractivity contribution in [3.05, 3.63) is 109 Å². The quantitative estimate of drug-likeness (QED) is 0.652. The molecule has 0 amide bonds. The van der Waals surface area contributed by atoms with Gasteiger partial charge in [0.05, 0.1) is 10.7 Å². The van der Waals surface area contributed by atoms with E-state index >= 15 is 0 Å². The number of rotatable bonds is 3. The van der Waals surface area contributed by atoms with Crippen LogP contribution in [0.15, 0.2) is 86.1 Å². The topological polar surface area (TPSA) is 111 Å². The summed E-state index contributed by atoms with van der Waals surface area (Å²) in [6.07, 6.45) is 3.42. The maximum atomic E-state index is 12.4. The Morgan fingerprint density at radius 3 is 2.15 bits per heavy atom. The minimum absolute atomic E-state index is 0.0999. The number of allylic oxidation sites excluding steroid dienone is 2. The van der Waals surface area contributed by atoms with Gasteiger partial charge in [-0.3, -0.25) is 14.8 Å². The molecule has 4 rings (SSSR count). The lowest BCUT2D eigenvalue weighted by molar-refractivity contribution is 0.446. The maximum absolute atomic E-state index is 12.4. The van der Waals surface area contributed by atoms with E-state index in [1.54, 1.807) is 24.3 Å². The first-order chi connectivity index (χ1) is 13.1. The van der Waals surface area contributed by atoms with Crippen LogP contribution in [0.25, 0.3) is 11.6 Å². The lowest BCUT2D eigenvalue weighted by atomic mass is 10.1. The average Bonchev–Trinajstić information content (AvgIpc) is 3.08. The molecule has 1 aliphatic rings. The van der Waals surface area contributed by atoms with Crippen molar-refractivity contribution in [1.82, 2.24) is 9.97 Å². The third kappa shape index (κ3) is 3.25. The summed E-state index contributed by atoms with van der Waals surface area (Å²) in [4.78, 5) is 37.0. The van der Waals surface area contributed by atoms with E-state index in [1.807, 2.05) is 42.5 Å². The Kier molecular flexibility index (Phi) is 4.10. The number of aromatic amines is 2. The molecule has 0 fully saturated rings. The Bertz CT molecular complexity index is 1280. The summed E-state index contributed by atoms with van der Waals surface area (Å²) in [5, 5.41) is 11.5. The molecule has 1 aromatic heterocycles. The van der Waals surface area contributed by atoms with Gasteiger partial charge in [-0.05, 0) is 23.8 Å². The first-order valence-electron chi connectivity index (χ1n) is 8.17. The van der Waals surface area contributed by atoms with Crippen LogP contribution in [0.3, 0.4) is 0 Å². The predicted octanol–water partition coefficient (Wildman–Crippen LogP) is 1.10. The van der Waals surface area contributed by atoms with Crippen LogP contribution in [0.4, 0.5) is 0 Å². The molecule has 3 N–H and O–H groups in total. The fourth-order valence-electron chi connectivity index (χ4n) is 2.76. The predicted molar refractivity (Wildman–Crippen MR) is 100 cm³/mol. The fraction of sp³-hybridized carbons (Fsp3) is 0. The second-order valence-corrected chi connectivity index (χ2v) is 5.83. The van der Waals surface area contributed by atoms with Gasteiger partial charge in [0.2, 0.25) is 5.88 Å². The number of hydrogen-bond donors (Lipinski definition) is 3. The van der Waals surface area contributed by atoms with Crippen LogP contribution in [0.2, 0.25) is 0 Å². The minimum Gasteiger partial charge on any atom is -0.494 e. The highest BCUT2D eigenvalue weighted by Crippen LogP contribution is 2.25. The van der Waals surface area contributed by atoms with Crippen molar-refractivity contribution in [2.45, 2.75) is 0 Å². The van der Waals surface area contributed by atoms with Gasteiger partial charge in [0.25, 0.3) is 5.56 Å². The summed E-state index contributed by atoms with van der Waals surface area (Å²) in [6.45, 7) is 0. The van der Waals surface area contributed by atoms with Crippen LogP contribution in [-0.4, -0.2) is 15.1 Å². The Hall–Kier alpha value is -4.00. The summed E-state index contributed by atoms with van der Waals surface area (Å²) < 4.78 is 0. The van der Waals surface area contributed by atoms with Crippen LogP contribution in [0.5, 0.6) is 5.88 Å². The van der Waals surface area contributed by atoms with E-state index in [-0.39, 0.29) is 11.4 Å². The normalized spacial score (nSPS) is 12.5. The van der Waals surface area contributed by atoms with Crippen LogP contribution in [0, 0.1) is 0 Å². The third-order valence-corrected chi connectivity index (χ3v) is 4.01. The summed E-state index contributed by atoms with van der Waals surface area (Å²) >= 11 is 0. The second kappa shape index (κ2) is 6.72. The zero-order valence-electron chi connectivity index (χ0n) is 14.0. The van der Waals surface area contributed by atoms with Crippen LogP contribution < -0.4 is 22.0 Å². The monoisotopic (exact) mass is 358 g/mol. The van der Waals surface area contributed by atoms with Crippen molar-refractivity contribution >= 4 is 11.6 Å². The lowest BCUT2D eigenvalue weighted by Crippen LogP contribution is -2.24. The number of aromatic nitrogens is 2. The van der Waals surface area contributed by atoms with Gasteiger partial charge >= 0.3 is 5.69 Å². The van der Waals surface area contributed by atoms with Gasteiger partial charge in [0.15, 0.2) is 5.82 Å². The van der Waals surface area contributed by atoms with Crippen LogP contribution in [0.1, 0.15) is 11.1 Å². The van der Waals surface area contributed by atoms with E-state index in [4.69, 9.17) is 0 Å². The molecular weight excluding hydrogens is 344 g/mol. The molecule has 0 radical (unpaired) electrons. The van der Waals surface area contributed by atoms with Crippen molar-refractivity contribution in [2.75, 3.05) is 0 Å². The number of H-pyrrole nitrogens is 2. The van der Waals surface area contributed by atoms with Crippen molar-refractivity contribution in [3.8, 4) is 5.88 Å². The molecule has 7 heteroatoms. The zero-order chi connectivity index (χ0) is 18.8. The largest absolute Gasteiger partial charge is 0.494 e. The molecule has 0 saturated heterocycles. The van der Waals surface area contributed by atoms with Gasteiger partial charge in [-0.2, -0.15) is 0 Å². The summed E-state index contributed by atoms with van der Waals surface area (Å²) in [6, 6.07) is 16.7. The van der Waals surface area contributed by atoms with Crippen molar-refractivity contribution in [2.24, 2.45) is 9.98 Å². The molecule has 2 aromatic carbocycles. The molecule has 0 atom stereocenters. The number of fused-ring (bicyclic) bond motifs is 1. The van der Waals surface area contributed by atoms with E-state index in [0.717, 1.165) is 5.56 Å². The van der Waals surface area contributed by atoms with Gasteiger partial charge in [-0.1, -0.05) is 48.5 Å². The molecule has 0 bridgehead atoms. The van der Waals surface area contributed by atoms with Gasteiger partial charge in [-0.15, -0.1) is 0 Å². The molecule has 0 saturated carbocycles. The Morgan fingerprint density at radius 1 is 0.889 bits per heavy atom. The molecule has 3 aromatic rings. The van der Waals surface area contributed by atoms with E-state index in [2.05, 4.69) is 20.0 Å². The Morgan fingerprint density at radius 2 is 1.52 bits per heavy atom. The SMILES string of the molecule is O=c1[nH]c(O)c(C(/C=C/c2ccccc2)=C2N=c3ccccc3=N2)c(=O)[nH]1. The van der Waals surface area contributed by atoms with Gasteiger partial charge < -0.3 is 5.11 Å². The molecule has 0 unspecified atom stereocenters. The molecule has 0 aliphatic carbocycles. The summed E-state index contributed by atoms with van der Waals surface area (Å²) in [5.74, 6) is -0.262. The van der Waals surface area contributed by atoms with Gasteiger partial charge in [0.1, 0.15) is 5.56 Å².